The maximum Gasteiger partial charge on any atom is 0.250 e. The molecule has 164 valence electrons. The van der Waals surface area contributed by atoms with Crippen LogP contribution in [0.3, 0.4) is 0 Å². The fourth-order valence-electron chi connectivity index (χ4n) is 3.44. The van der Waals surface area contributed by atoms with Gasteiger partial charge in [0.1, 0.15) is 5.76 Å². The molecule has 0 saturated carbocycles. The maximum atomic E-state index is 12.2. The normalized spacial score (nSPS) is 15.8. The Labute approximate surface area is 188 Å². The molecule has 0 radical (unpaired) electrons. The molecule has 1 aliphatic carbocycles. The van der Waals surface area contributed by atoms with Crippen LogP contribution in [0.2, 0.25) is 5.02 Å². The van der Waals surface area contributed by atoms with E-state index in [0.29, 0.717) is 30.4 Å². The third kappa shape index (κ3) is 6.76. The quantitative estimate of drug-likeness (QED) is 0.443. The summed E-state index contributed by atoms with van der Waals surface area (Å²) < 4.78 is 5.48. The first-order chi connectivity index (χ1) is 15.1. The van der Waals surface area contributed by atoms with Gasteiger partial charge < -0.3 is 19.9 Å². The number of likely N-dealkylation sites (N-methyl/N-ethyl adjacent to an activating group) is 1. The Morgan fingerprint density at radius 3 is 2.90 bits per heavy atom. The van der Waals surface area contributed by atoms with Crippen molar-refractivity contribution in [3.05, 3.63) is 82.9 Å². The predicted molar refractivity (Wildman–Crippen MR) is 122 cm³/mol. The van der Waals surface area contributed by atoms with Crippen LogP contribution in [-0.4, -0.2) is 47.8 Å². The van der Waals surface area contributed by atoms with Crippen LogP contribution in [0.15, 0.2) is 72.4 Å². The Hall–Kier alpha value is -2.99. The maximum absolute atomic E-state index is 12.2. The molecule has 6 nitrogen and oxygen atoms in total. The zero-order chi connectivity index (χ0) is 22.1. The van der Waals surface area contributed by atoms with Gasteiger partial charge in [-0.3, -0.25) is 9.59 Å². The average molecular weight is 442 g/mol. The van der Waals surface area contributed by atoms with Crippen LogP contribution in [0.1, 0.15) is 25.3 Å². The number of carbonyl (C=O) groups excluding carboxylic acids is 2. The number of ether oxygens (including phenoxy) is 1. The van der Waals surface area contributed by atoms with E-state index in [9.17, 15) is 9.59 Å². The largest absolute Gasteiger partial charge is 0.467 e. The van der Waals surface area contributed by atoms with Crippen molar-refractivity contribution in [3.8, 4) is 0 Å². The molecule has 0 unspecified atom stereocenters. The summed E-state index contributed by atoms with van der Waals surface area (Å²) in [4.78, 5) is 28.1. The molecule has 2 amide bonds. The van der Waals surface area contributed by atoms with Crippen molar-refractivity contribution in [1.82, 2.24) is 15.1 Å². The lowest BCUT2D eigenvalue weighted by Crippen LogP contribution is -2.33. The highest BCUT2D eigenvalue weighted by Gasteiger charge is 2.23. The van der Waals surface area contributed by atoms with Gasteiger partial charge in [-0.15, -0.1) is 0 Å². The van der Waals surface area contributed by atoms with Crippen molar-refractivity contribution in [2.45, 2.75) is 26.3 Å². The first kappa shape index (κ1) is 22.7. The van der Waals surface area contributed by atoms with Gasteiger partial charge in [0, 0.05) is 49.1 Å². The lowest BCUT2D eigenvalue weighted by molar-refractivity contribution is -0.125. The highest BCUT2D eigenvalue weighted by Crippen LogP contribution is 2.21. The van der Waals surface area contributed by atoms with Crippen LogP contribution < -0.4 is 5.32 Å². The first-order valence-electron chi connectivity index (χ1n) is 10.5. The monoisotopic (exact) mass is 441 g/mol. The molecular formula is C24H28ClN3O3. The summed E-state index contributed by atoms with van der Waals surface area (Å²) >= 11 is 6.17. The highest BCUT2D eigenvalue weighted by atomic mass is 35.5. The van der Waals surface area contributed by atoms with Gasteiger partial charge in [-0.05, 0) is 37.5 Å². The van der Waals surface area contributed by atoms with Crippen molar-refractivity contribution in [1.29, 1.82) is 0 Å². The molecule has 3 rings (SSSR count). The van der Waals surface area contributed by atoms with Gasteiger partial charge in [-0.2, -0.15) is 0 Å². The van der Waals surface area contributed by atoms with E-state index in [1.165, 1.54) is 24.1 Å². The summed E-state index contributed by atoms with van der Waals surface area (Å²) in [5.41, 5.74) is 2.09. The van der Waals surface area contributed by atoms with E-state index in [2.05, 4.69) is 35.4 Å². The number of hydrogen-bond donors (Lipinski definition) is 1. The number of hydrogen-bond acceptors (Lipinski definition) is 4. The van der Waals surface area contributed by atoms with Crippen molar-refractivity contribution in [3.63, 3.8) is 0 Å². The van der Waals surface area contributed by atoms with E-state index in [1.54, 1.807) is 11.0 Å². The Balaban J connectivity index is 1.39. The predicted octanol–water partition coefficient (Wildman–Crippen LogP) is 3.77. The third-order valence-electron chi connectivity index (χ3n) is 5.10. The molecule has 1 aliphatic heterocycles. The van der Waals surface area contributed by atoms with E-state index in [1.807, 2.05) is 18.2 Å². The van der Waals surface area contributed by atoms with Crippen molar-refractivity contribution in [2.75, 3.05) is 26.2 Å². The van der Waals surface area contributed by atoms with Crippen LogP contribution in [0, 0.1) is 0 Å². The second-order valence-corrected chi connectivity index (χ2v) is 7.70. The Kier molecular flexibility index (Phi) is 8.35. The number of nitrogens with one attached hydrogen (secondary N) is 1. The minimum Gasteiger partial charge on any atom is -0.467 e. The summed E-state index contributed by atoms with van der Waals surface area (Å²) in [6.45, 7) is 5.01. The summed E-state index contributed by atoms with van der Waals surface area (Å²) in [6.07, 6.45) is 12.8. The molecule has 2 aliphatic rings. The molecule has 0 fully saturated rings. The van der Waals surface area contributed by atoms with Gasteiger partial charge in [0.05, 0.1) is 12.8 Å². The molecule has 0 atom stereocenters. The number of rotatable bonds is 10. The fourth-order valence-corrected chi connectivity index (χ4v) is 3.63. The van der Waals surface area contributed by atoms with E-state index in [-0.39, 0.29) is 11.8 Å². The van der Waals surface area contributed by atoms with E-state index < -0.39 is 0 Å². The second-order valence-electron chi connectivity index (χ2n) is 7.30. The van der Waals surface area contributed by atoms with Gasteiger partial charge in [-0.1, -0.05) is 42.0 Å². The van der Waals surface area contributed by atoms with Gasteiger partial charge in [0.15, 0.2) is 0 Å². The average Bonchev–Trinajstić information content (AvgIpc) is 3.12. The van der Waals surface area contributed by atoms with E-state index in [0.717, 1.165) is 31.5 Å². The number of nitrogens with zero attached hydrogens (tertiary/aromatic N) is 2. The lowest BCUT2D eigenvalue weighted by atomic mass is 10.1. The number of allylic oxidation sites excluding steroid dienone is 3. The third-order valence-corrected chi connectivity index (χ3v) is 5.47. The fraction of sp³-hybridized carbons (Fsp3) is 0.333. The van der Waals surface area contributed by atoms with Gasteiger partial charge >= 0.3 is 0 Å². The van der Waals surface area contributed by atoms with Crippen LogP contribution in [0.4, 0.5) is 0 Å². The standard InChI is InChI=1S/C24H28ClN3O3/c1-2-27(20-9-4-3-5-10-20)14-13-26-23(29)12-15-31-21-16-24(30)28(18-21)17-19-8-6-7-11-22(19)25/h4,6-12,15-16H,2-3,5,13-14,17-18H2,1H3,(H,26,29)/b15-12+. The van der Waals surface area contributed by atoms with Crippen LogP contribution >= 0.6 is 11.6 Å². The van der Waals surface area contributed by atoms with Crippen molar-refractivity contribution < 1.29 is 14.3 Å². The number of benzene rings is 1. The van der Waals surface area contributed by atoms with E-state index >= 15 is 0 Å². The molecular weight excluding hydrogens is 414 g/mol. The molecule has 1 heterocycles. The van der Waals surface area contributed by atoms with Gasteiger partial charge in [-0.25, -0.2) is 0 Å². The molecule has 0 bridgehead atoms. The zero-order valence-corrected chi connectivity index (χ0v) is 18.5. The molecule has 31 heavy (non-hydrogen) atoms. The van der Waals surface area contributed by atoms with Crippen molar-refractivity contribution >= 4 is 23.4 Å². The minimum absolute atomic E-state index is 0.140. The molecule has 1 N–H and O–H groups in total. The summed E-state index contributed by atoms with van der Waals surface area (Å²) in [5, 5.41) is 3.48. The topological polar surface area (TPSA) is 61.9 Å². The van der Waals surface area contributed by atoms with Crippen LogP contribution in [0.5, 0.6) is 0 Å². The molecule has 1 aromatic rings. The minimum atomic E-state index is -0.234. The summed E-state index contributed by atoms with van der Waals surface area (Å²) in [7, 11) is 0. The number of amides is 2. The molecule has 1 aromatic carbocycles. The molecule has 0 saturated heterocycles. The zero-order valence-electron chi connectivity index (χ0n) is 17.7. The lowest BCUT2D eigenvalue weighted by Gasteiger charge is -2.25. The molecule has 0 spiro atoms. The van der Waals surface area contributed by atoms with E-state index in [4.69, 9.17) is 16.3 Å². The summed E-state index contributed by atoms with van der Waals surface area (Å²) in [5.74, 6) is 0.120. The number of carbonyl (C=O) groups is 2. The highest BCUT2D eigenvalue weighted by molar-refractivity contribution is 6.31. The van der Waals surface area contributed by atoms with Gasteiger partial charge in [0.25, 0.3) is 5.91 Å². The van der Waals surface area contributed by atoms with Crippen LogP contribution in [-0.2, 0) is 20.9 Å². The van der Waals surface area contributed by atoms with Crippen molar-refractivity contribution in [2.24, 2.45) is 0 Å². The Bertz CT molecular complexity index is 920. The first-order valence-corrected chi connectivity index (χ1v) is 10.9. The Morgan fingerprint density at radius 1 is 1.32 bits per heavy atom. The Morgan fingerprint density at radius 2 is 2.16 bits per heavy atom. The van der Waals surface area contributed by atoms with Crippen LogP contribution in [0.25, 0.3) is 0 Å². The molecule has 0 aromatic heterocycles. The summed E-state index contributed by atoms with van der Waals surface area (Å²) in [6, 6.07) is 7.42. The number of halogens is 1. The van der Waals surface area contributed by atoms with Gasteiger partial charge in [0.2, 0.25) is 5.91 Å². The second kappa shape index (κ2) is 11.4. The smallest absolute Gasteiger partial charge is 0.250 e. The molecule has 7 heteroatoms. The SMILES string of the molecule is CCN(CCNC(=O)/C=C/OC1=CC(=O)N(Cc2ccccc2Cl)C1)C1=CCCC=C1.